The van der Waals surface area contributed by atoms with E-state index in [1.807, 2.05) is 32.5 Å². The minimum atomic E-state index is -0.826. The normalized spacial score (nSPS) is 15.0. The maximum atomic E-state index is 6.94. The predicted molar refractivity (Wildman–Crippen MR) is 128 cm³/mol. The molecule has 1 unspecified atom stereocenters. The van der Waals surface area contributed by atoms with Crippen molar-refractivity contribution in [2.45, 2.75) is 49.5 Å². The summed E-state index contributed by atoms with van der Waals surface area (Å²) < 4.78 is 1.13. The van der Waals surface area contributed by atoms with Gasteiger partial charge in [-0.1, -0.05) is 91.8 Å². The van der Waals surface area contributed by atoms with Gasteiger partial charge in [0.15, 0.2) is 0 Å². The number of hydrogen-bond acceptors (Lipinski definition) is 1. The van der Waals surface area contributed by atoms with Crippen LogP contribution in [0.1, 0.15) is 42.7 Å². The molecular weight excluding hydrogens is 568 g/mol. The van der Waals surface area contributed by atoms with E-state index in [0.717, 1.165) is 14.0 Å². The van der Waals surface area contributed by atoms with Crippen LogP contribution < -0.4 is 0 Å². The molecule has 2 radical (unpaired) electrons. The summed E-state index contributed by atoms with van der Waals surface area (Å²) in [5.41, 5.74) is 12.0. The molecule has 1 atom stereocenters. The molecule has 1 heterocycles. The van der Waals surface area contributed by atoms with Crippen molar-refractivity contribution in [3.63, 3.8) is 0 Å². The Balaban J connectivity index is 0.000000301. The van der Waals surface area contributed by atoms with Crippen molar-refractivity contribution in [2.24, 2.45) is 0 Å². The Kier molecular flexibility index (Phi) is 12.5. The predicted octanol–water partition coefficient (Wildman–Crippen LogP) is 8.84. The summed E-state index contributed by atoms with van der Waals surface area (Å²) >= 11 is 4.64. The fourth-order valence-corrected chi connectivity index (χ4v) is 4.19. The van der Waals surface area contributed by atoms with Crippen molar-refractivity contribution in [1.29, 1.82) is 0 Å². The van der Waals surface area contributed by atoms with Gasteiger partial charge in [-0.3, -0.25) is 0 Å². The molecular formula is C21H24BrCl2NSSiZr. The van der Waals surface area contributed by atoms with E-state index in [2.05, 4.69) is 77.6 Å². The monoisotopic (exact) mass is 589 g/mol. The first-order valence-electron chi connectivity index (χ1n) is 8.65. The van der Waals surface area contributed by atoms with E-state index in [9.17, 15) is 0 Å². The van der Waals surface area contributed by atoms with Crippen molar-refractivity contribution >= 4 is 59.8 Å². The second kappa shape index (κ2) is 13.1. The van der Waals surface area contributed by atoms with Crippen LogP contribution in [0.4, 0.5) is 0 Å². The third kappa shape index (κ3) is 8.79. The first kappa shape index (κ1) is 26.7. The van der Waals surface area contributed by atoms with Crippen LogP contribution in [0.15, 0.2) is 51.8 Å². The van der Waals surface area contributed by atoms with E-state index < -0.39 is 20.8 Å². The third-order valence-electron chi connectivity index (χ3n) is 3.25. The van der Waals surface area contributed by atoms with E-state index in [1.54, 1.807) is 0 Å². The van der Waals surface area contributed by atoms with Gasteiger partial charge in [0.1, 0.15) is 0 Å². The Labute approximate surface area is 203 Å². The fraction of sp³-hybridized carbons (Fsp3) is 0.333. The summed E-state index contributed by atoms with van der Waals surface area (Å²) in [5, 5.41) is 0.454. The Bertz CT molecular complexity index is 788. The fourth-order valence-electron chi connectivity index (χ4n) is 2.48. The van der Waals surface area contributed by atoms with Gasteiger partial charge in [-0.05, 0) is 9.37 Å². The Morgan fingerprint density at radius 3 is 2.25 bits per heavy atom. The van der Waals surface area contributed by atoms with Gasteiger partial charge in [0, 0.05) is 14.8 Å². The number of benzene rings is 2. The van der Waals surface area contributed by atoms with Crippen molar-refractivity contribution in [3.8, 4) is 0 Å². The molecule has 0 saturated carbocycles. The summed E-state index contributed by atoms with van der Waals surface area (Å²) in [7, 11) is 11.0. The number of nitrogens with one attached hydrogen (secondary N) is 1. The van der Waals surface area contributed by atoms with Crippen LogP contribution in [0, 0.1) is 6.08 Å². The van der Waals surface area contributed by atoms with Crippen LogP contribution in [0.2, 0.25) is 13.1 Å². The first-order chi connectivity index (χ1) is 13.2. The topological polar surface area (TPSA) is 23.8 Å². The molecule has 1 nitrogen and oxygen atoms in total. The minimum absolute atomic E-state index is 0.250. The van der Waals surface area contributed by atoms with Crippen LogP contribution >= 0.6 is 44.7 Å². The molecule has 1 aliphatic heterocycles. The van der Waals surface area contributed by atoms with Gasteiger partial charge in [0.05, 0.1) is 0 Å². The van der Waals surface area contributed by atoms with E-state index in [0.29, 0.717) is 5.25 Å². The zero-order valence-electron chi connectivity index (χ0n) is 16.7. The molecule has 28 heavy (non-hydrogen) atoms. The van der Waals surface area contributed by atoms with Crippen molar-refractivity contribution in [3.05, 3.63) is 75.4 Å². The van der Waals surface area contributed by atoms with Gasteiger partial charge in [0.25, 0.3) is 0 Å². The Morgan fingerprint density at radius 2 is 1.68 bits per heavy atom. The molecule has 2 aromatic carbocycles. The standard InChI is InChI=1S/C15H8BrS.C4H10N.C2H6Si.2ClH.Zr/c16-10-5-6-11-9(7-10)8-13-12-3-1-2-4-14(12)17-15(11)13;1-4(2,3)5;1-3-2;;;/h1-7,15H;5H,1-3H3;1-2H3;2*1H;/q2*-1;;;;+4/p-2. The number of thioether (sulfide) groups is 1. The van der Waals surface area contributed by atoms with Gasteiger partial charge < -0.3 is 5.73 Å². The average molecular weight is 593 g/mol. The van der Waals surface area contributed by atoms with E-state index in [-0.39, 0.29) is 5.54 Å². The molecule has 4 rings (SSSR count). The summed E-state index contributed by atoms with van der Waals surface area (Å²) in [6, 6.07) is 15.1. The van der Waals surface area contributed by atoms with Crippen LogP contribution in [-0.2, 0) is 20.8 Å². The number of halogens is 3. The van der Waals surface area contributed by atoms with Crippen LogP contribution in [0.5, 0.6) is 0 Å². The molecule has 0 amide bonds. The van der Waals surface area contributed by atoms with Gasteiger partial charge in [-0.15, -0.1) is 46.1 Å². The van der Waals surface area contributed by atoms with Gasteiger partial charge >= 0.3 is 37.9 Å². The second-order valence-electron chi connectivity index (χ2n) is 7.09. The molecule has 0 spiro atoms. The van der Waals surface area contributed by atoms with Gasteiger partial charge in [0.2, 0.25) is 0 Å². The van der Waals surface area contributed by atoms with E-state index >= 15 is 0 Å². The average Bonchev–Trinajstić information content (AvgIpc) is 3.10. The quantitative estimate of drug-likeness (QED) is 0.222. The molecule has 0 bridgehead atoms. The van der Waals surface area contributed by atoms with Crippen molar-refractivity contribution in [2.75, 3.05) is 0 Å². The molecule has 0 fully saturated rings. The van der Waals surface area contributed by atoms with Gasteiger partial charge in [-0.25, -0.2) is 0 Å². The maximum absolute atomic E-state index is 6.94. The molecule has 1 N–H and O–H groups in total. The summed E-state index contributed by atoms with van der Waals surface area (Å²) in [4.78, 5) is 1.38. The summed E-state index contributed by atoms with van der Waals surface area (Å²) in [6.07, 6.45) is 3.56. The zero-order valence-corrected chi connectivity index (χ0v) is 24.0. The molecule has 0 saturated heterocycles. The number of rotatable bonds is 0. The molecule has 2 aliphatic rings. The molecule has 7 heteroatoms. The summed E-state index contributed by atoms with van der Waals surface area (Å²) in [6.45, 7) is 9.87. The third-order valence-corrected chi connectivity index (χ3v) is 5.08. The van der Waals surface area contributed by atoms with Crippen LogP contribution in [0.25, 0.3) is 11.3 Å². The van der Waals surface area contributed by atoms with Gasteiger partial charge in [-0.2, -0.15) is 0 Å². The molecule has 1 aliphatic carbocycles. The zero-order chi connectivity index (χ0) is 21.3. The molecule has 2 aromatic rings. The van der Waals surface area contributed by atoms with E-state index in [1.165, 1.54) is 27.2 Å². The Hall–Kier alpha value is 0.650. The van der Waals surface area contributed by atoms with Crippen LogP contribution in [0.3, 0.4) is 0 Å². The Morgan fingerprint density at radius 1 is 1.14 bits per heavy atom. The molecule has 0 aromatic heterocycles. The molecule has 148 valence electrons. The SMILES string of the molecule is Brc1ccc2c(c1)[C-]=C1c3ccccc3SC12.CC(C)(C)[NH-].C[Si]C.[Cl][Zr+2][Cl]. The summed E-state index contributed by atoms with van der Waals surface area (Å²) in [5.74, 6) is 0. The number of hydrogen-bond donors (Lipinski definition) is 0. The first-order valence-corrected chi connectivity index (χ1v) is 18.7. The van der Waals surface area contributed by atoms with Crippen molar-refractivity contribution in [1.82, 2.24) is 0 Å². The second-order valence-corrected chi connectivity index (χ2v) is 13.9. The van der Waals surface area contributed by atoms with E-state index in [4.69, 9.17) is 22.8 Å². The van der Waals surface area contributed by atoms with Crippen LogP contribution in [-0.4, -0.2) is 15.1 Å². The number of fused-ring (bicyclic) bond motifs is 5. The van der Waals surface area contributed by atoms with Crippen molar-refractivity contribution < 1.29 is 20.8 Å².